The van der Waals surface area contributed by atoms with E-state index in [9.17, 15) is 0 Å². The first kappa shape index (κ1) is 13.5. The smallest absolute Gasteiger partial charge is 0.0897 e. The summed E-state index contributed by atoms with van der Waals surface area (Å²) in [5.74, 6) is 0. The lowest BCUT2D eigenvalue weighted by molar-refractivity contribution is 0.546. The highest BCUT2D eigenvalue weighted by Crippen LogP contribution is 2.25. The number of nitrogens with zero attached hydrogens (tertiary/aromatic N) is 1. The summed E-state index contributed by atoms with van der Waals surface area (Å²) in [5, 5.41) is 9.09. The zero-order valence-electron chi connectivity index (χ0n) is 9.87. The van der Waals surface area contributed by atoms with Crippen LogP contribution in [-0.2, 0) is 6.42 Å². The zero-order valence-corrected chi connectivity index (χ0v) is 13.7. The average Bonchev–Trinajstić information content (AvgIpc) is 2.87. The Hall–Kier alpha value is 0.0200. The van der Waals surface area contributed by atoms with E-state index in [1.165, 1.54) is 14.1 Å². The maximum Gasteiger partial charge on any atom is 0.0897 e. The molecule has 1 N–H and O–H groups in total. The van der Waals surface area contributed by atoms with Gasteiger partial charge in [-0.3, -0.25) is 0 Å². The summed E-state index contributed by atoms with van der Waals surface area (Å²) in [5.41, 5.74) is 2.58. The highest BCUT2D eigenvalue weighted by molar-refractivity contribution is 14.1. The van der Waals surface area contributed by atoms with Crippen molar-refractivity contribution < 1.29 is 0 Å². The molecule has 0 aliphatic carbocycles. The molecule has 0 saturated heterocycles. The van der Waals surface area contributed by atoms with E-state index in [-0.39, 0.29) is 0 Å². The first-order valence-corrected chi connectivity index (χ1v) is 8.41. The molecule has 0 bridgehead atoms. The van der Waals surface area contributed by atoms with Crippen LogP contribution in [0, 0.1) is 9.81 Å². The molecule has 0 saturated carbocycles. The molecule has 5 heteroatoms. The van der Waals surface area contributed by atoms with E-state index in [0.29, 0.717) is 6.04 Å². The Morgan fingerprint density at radius 2 is 2.24 bits per heavy atom. The van der Waals surface area contributed by atoms with Crippen LogP contribution in [0.25, 0.3) is 0 Å². The number of nitrogens with one attached hydrogen (secondary N) is 1. The number of halogens is 1. The SMILES string of the molecule is CCNC(Cc1csc(C)n1)c1csc(I)c1. The minimum atomic E-state index is 0.390. The van der Waals surface area contributed by atoms with Crippen LogP contribution in [0.1, 0.15) is 29.2 Å². The van der Waals surface area contributed by atoms with E-state index in [0.717, 1.165) is 18.0 Å². The third kappa shape index (κ3) is 3.74. The molecule has 92 valence electrons. The first-order valence-electron chi connectivity index (χ1n) is 5.57. The van der Waals surface area contributed by atoms with Crippen LogP contribution in [0.15, 0.2) is 16.8 Å². The minimum absolute atomic E-state index is 0.390. The van der Waals surface area contributed by atoms with Gasteiger partial charge in [-0.25, -0.2) is 4.98 Å². The molecule has 0 aliphatic rings. The predicted octanol–water partition coefficient (Wildman–Crippen LogP) is 4.01. The quantitative estimate of drug-likeness (QED) is 0.796. The summed E-state index contributed by atoms with van der Waals surface area (Å²) in [6, 6.07) is 2.65. The number of rotatable bonds is 5. The lowest BCUT2D eigenvalue weighted by Crippen LogP contribution is -2.22. The van der Waals surface area contributed by atoms with E-state index in [1.54, 1.807) is 22.7 Å². The fourth-order valence-electron chi connectivity index (χ4n) is 1.77. The van der Waals surface area contributed by atoms with Gasteiger partial charge in [-0.15, -0.1) is 22.7 Å². The van der Waals surface area contributed by atoms with Crippen molar-refractivity contribution in [2.45, 2.75) is 26.3 Å². The van der Waals surface area contributed by atoms with Crippen molar-refractivity contribution in [1.82, 2.24) is 10.3 Å². The molecule has 1 unspecified atom stereocenters. The van der Waals surface area contributed by atoms with E-state index in [1.807, 2.05) is 0 Å². The Morgan fingerprint density at radius 3 is 2.76 bits per heavy atom. The van der Waals surface area contributed by atoms with Crippen LogP contribution < -0.4 is 5.32 Å². The fourth-order valence-corrected chi connectivity index (χ4v) is 3.82. The average molecular weight is 378 g/mol. The molecule has 0 spiro atoms. The van der Waals surface area contributed by atoms with Crippen LogP contribution in [0.2, 0.25) is 0 Å². The highest BCUT2D eigenvalue weighted by atomic mass is 127. The number of hydrogen-bond donors (Lipinski definition) is 1. The Kier molecular flexibility index (Phi) is 4.96. The molecular weight excluding hydrogens is 363 g/mol. The van der Waals surface area contributed by atoms with Crippen molar-refractivity contribution in [3.8, 4) is 0 Å². The Morgan fingerprint density at radius 1 is 1.41 bits per heavy atom. The van der Waals surface area contributed by atoms with Crippen LogP contribution in [0.5, 0.6) is 0 Å². The van der Waals surface area contributed by atoms with E-state index in [2.05, 4.69) is 63.6 Å². The molecule has 2 nitrogen and oxygen atoms in total. The number of aromatic nitrogens is 1. The van der Waals surface area contributed by atoms with Gasteiger partial charge in [0, 0.05) is 17.8 Å². The highest BCUT2D eigenvalue weighted by Gasteiger charge is 2.14. The predicted molar refractivity (Wildman–Crippen MR) is 84.0 cm³/mol. The molecule has 0 aliphatic heterocycles. The minimum Gasteiger partial charge on any atom is -0.310 e. The first-order chi connectivity index (χ1) is 8.19. The van der Waals surface area contributed by atoms with Gasteiger partial charge in [0.2, 0.25) is 0 Å². The van der Waals surface area contributed by atoms with Gasteiger partial charge in [0.25, 0.3) is 0 Å². The van der Waals surface area contributed by atoms with Crippen LogP contribution in [0.3, 0.4) is 0 Å². The van der Waals surface area contributed by atoms with Crippen LogP contribution >= 0.6 is 45.3 Å². The molecule has 0 radical (unpaired) electrons. The summed E-state index contributed by atoms with van der Waals surface area (Å²) < 4.78 is 1.34. The fraction of sp³-hybridized carbons (Fsp3) is 0.417. The van der Waals surface area contributed by atoms with Gasteiger partial charge < -0.3 is 5.32 Å². The molecule has 0 fully saturated rings. The van der Waals surface area contributed by atoms with E-state index in [4.69, 9.17) is 0 Å². The molecule has 2 heterocycles. The van der Waals surface area contributed by atoms with Crippen molar-refractivity contribution in [3.63, 3.8) is 0 Å². The number of thiophene rings is 1. The van der Waals surface area contributed by atoms with Gasteiger partial charge in [-0.1, -0.05) is 6.92 Å². The van der Waals surface area contributed by atoms with Crippen molar-refractivity contribution in [1.29, 1.82) is 0 Å². The summed E-state index contributed by atoms with van der Waals surface area (Å²) in [6.07, 6.45) is 0.977. The monoisotopic (exact) mass is 378 g/mol. The van der Waals surface area contributed by atoms with Gasteiger partial charge in [0.1, 0.15) is 0 Å². The van der Waals surface area contributed by atoms with Crippen LogP contribution in [-0.4, -0.2) is 11.5 Å². The van der Waals surface area contributed by atoms with Crippen molar-refractivity contribution >= 4 is 45.3 Å². The molecule has 17 heavy (non-hydrogen) atoms. The molecule has 0 amide bonds. The second-order valence-electron chi connectivity index (χ2n) is 3.86. The molecule has 2 rings (SSSR count). The Labute approximate surface area is 124 Å². The summed E-state index contributed by atoms with van der Waals surface area (Å²) >= 11 is 5.91. The molecule has 0 aromatic carbocycles. The summed E-state index contributed by atoms with van der Waals surface area (Å²) in [4.78, 5) is 4.55. The number of thiazole rings is 1. The van der Waals surface area contributed by atoms with Crippen molar-refractivity contribution in [3.05, 3.63) is 36.0 Å². The molecule has 1 atom stereocenters. The van der Waals surface area contributed by atoms with Gasteiger partial charge in [0.15, 0.2) is 0 Å². The number of hydrogen-bond acceptors (Lipinski definition) is 4. The number of aryl methyl sites for hydroxylation is 1. The van der Waals surface area contributed by atoms with E-state index >= 15 is 0 Å². The lowest BCUT2D eigenvalue weighted by Gasteiger charge is -2.15. The molecular formula is C12H15IN2S2. The summed E-state index contributed by atoms with van der Waals surface area (Å²) in [6.45, 7) is 5.20. The third-order valence-electron chi connectivity index (χ3n) is 2.52. The molecule has 2 aromatic rings. The van der Waals surface area contributed by atoms with Crippen LogP contribution in [0.4, 0.5) is 0 Å². The van der Waals surface area contributed by atoms with Crippen molar-refractivity contribution in [2.75, 3.05) is 6.54 Å². The maximum absolute atomic E-state index is 4.55. The summed E-state index contributed by atoms with van der Waals surface area (Å²) in [7, 11) is 0. The van der Waals surface area contributed by atoms with E-state index < -0.39 is 0 Å². The van der Waals surface area contributed by atoms with Crippen molar-refractivity contribution in [2.24, 2.45) is 0 Å². The lowest BCUT2D eigenvalue weighted by atomic mass is 10.1. The van der Waals surface area contributed by atoms with Gasteiger partial charge in [-0.05, 0) is 53.1 Å². The number of likely N-dealkylation sites (N-methyl/N-ethyl adjacent to an activating group) is 1. The van der Waals surface area contributed by atoms with Gasteiger partial charge >= 0.3 is 0 Å². The second kappa shape index (κ2) is 6.26. The largest absolute Gasteiger partial charge is 0.310 e. The maximum atomic E-state index is 4.55. The standard InChI is InChI=1S/C12H15IN2S2/c1-3-14-11(9-4-12(13)17-6-9)5-10-7-16-8(2)15-10/h4,6-7,11,14H,3,5H2,1-2H3. The Balaban J connectivity index is 2.12. The Bertz CT molecular complexity index is 478. The zero-order chi connectivity index (χ0) is 12.3. The van der Waals surface area contributed by atoms with Gasteiger partial charge in [0.05, 0.1) is 13.6 Å². The topological polar surface area (TPSA) is 24.9 Å². The van der Waals surface area contributed by atoms with Gasteiger partial charge in [-0.2, -0.15) is 0 Å². The second-order valence-corrected chi connectivity index (χ2v) is 7.72. The molecule has 2 aromatic heterocycles. The normalized spacial score (nSPS) is 12.9. The third-order valence-corrected chi connectivity index (χ3v) is 5.15.